The smallest absolute Gasteiger partial charge is 0.351 e. The minimum absolute atomic E-state index is 0.0958. The van der Waals surface area contributed by atoms with Crippen LogP contribution in [0.1, 0.15) is 32.1 Å². The van der Waals surface area contributed by atoms with Crippen LogP contribution in [-0.2, 0) is 20.1 Å². The van der Waals surface area contributed by atoms with Crippen molar-refractivity contribution in [2.75, 3.05) is 25.2 Å². The second kappa shape index (κ2) is 6.05. The maximum Gasteiger partial charge on any atom is 0.351 e. The Balaban J connectivity index is 1.95. The van der Waals surface area contributed by atoms with Gasteiger partial charge in [0.05, 0.1) is 29.5 Å². The first-order chi connectivity index (χ1) is 12.5. The lowest BCUT2D eigenvalue weighted by Gasteiger charge is -2.40. The molecule has 1 unspecified atom stereocenters. The Kier molecular flexibility index (Phi) is 3.95. The summed E-state index contributed by atoms with van der Waals surface area (Å²) in [6, 6.07) is 8.23. The van der Waals surface area contributed by atoms with Crippen LogP contribution in [-0.4, -0.2) is 37.2 Å². The Bertz CT molecular complexity index is 932. The van der Waals surface area contributed by atoms with Crippen molar-refractivity contribution in [3.05, 3.63) is 57.9 Å². The van der Waals surface area contributed by atoms with E-state index in [1.165, 1.54) is 12.0 Å². The summed E-state index contributed by atoms with van der Waals surface area (Å²) in [4.78, 5) is 31.5. The number of pyridine rings is 1. The van der Waals surface area contributed by atoms with Gasteiger partial charge in [-0.2, -0.15) is 0 Å². The van der Waals surface area contributed by atoms with Gasteiger partial charge in [0.25, 0.3) is 5.91 Å². The largest absolute Gasteiger partial charge is 0.404 e. The molecular formula is C18H15ClN2O5. The third-order valence-corrected chi connectivity index (χ3v) is 4.63. The number of anilines is 1. The van der Waals surface area contributed by atoms with E-state index in [1.807, 2.05) is 0 Å². The topological polar surface area (TPSA) is 78.0 Å². The molecule has 0 aliphatic carbocycles. The lowest BCUT2D eigenvalue weighted by atomic mass is 10.1. The number of amides is 1. The van der Waals surface area contributed by atoms with Gasteiger partial charge in [-0.3, -0.25) is 4.79 Å². The van der Waals surface area contributed by atoms with Gasteiger partial charge in [0.1, 0.15) is 11.3 Å². The van der Waals surface area contributed by atoms with E-state index >= 15 is 0 Å². The first kappa shape index (κ1) is 17.0. The lowest BCUT2D eigenvalue weighted by molar-refractivity contribution is -0.214. The van der Waals surface area contributed by atoms with Gasteiger partial charge < -0.3 is 14.2 Å². The van der Waals surface area contributed by atoms with Crippen LogP contribution in [0.4, 0.5) is 5.69 Å². The number of methoxy groups -OCH3 is 1. The van der Waals surface area contributed by atoms with Gasteiger partial charge in [-0.05, 0) is 31.2 Å². The van der Waals surface area contributed by atoms with Gasteiger partial charge in [0, 0.05) is 12.8 Å². The summed E-state index contributed by atoms with van der Waals surface area (Å²) in [5, 5.41) is 0.200. The van der Waals surface area contributed by atoms with Crippen molar-refractivity contribution in [2.24, 2.45) is 0 Å². The van der Waals surface area contributed by atoms with Gasteiger partial charge in [0.15, 0.2) is 0 Å². The Morgan fingerprint density at radius 1 is 1.23 bits per heavy atom. The van der Waals surface area contributed by atoms with Gasteiger partial charge in [-0.1, -0.05) is 17.7 Å². The fraction of sp³-hybridized carbons (Fsp3) is 0.278. The monoisotopic (exact) mass is 374 g/mol. The molecule has 0 spiro atoms. The zero-order valence-electron chi connectivity index (χ0n) is 14.1. The average molecular weight is 375 g/mol. The first-order valence-corrected chi connectivity index (χ1v) is 8.35. The van der Waals surface area contributed by atoms with Gasteiger partial charge >= 0.3 is 11.9 Å². The van der Waals surface area contributed by atoms with Crippen molar-refractivity contribution in [1.29, 1.82) is 0 Å². The second-order valence-electron chi connectivity index (χ2n) is 5.94. The summed E-state index contributed by atoms with van der Waals surface area (Å²) in [7, 11) is 1.52. The van der Waals surface area contributed by atoms with E-state index in [9.17, 15) is 9.59 Å². The van der Waals surface area contributed by atoms with Gasteiger partial charge in [-0.25, -0.2) is 14.7 Å². The number of halogens is 1. The number of hydrogen-bond acceptors (Lipinski definition) is 6. The number of hydrogen-bond donors (Lipinski definition) is 0. The summed E-state index contributed by atoms with van der Waals surface area (Å²) in [5.41, 5.74) is 1.68. The fourth-order valence-corrected chi connectivity index (χ4v) is 3.44. The molecule has 26 heavy (non-hydrogen) atoms. The Morgan fingerprint density at radius 2 is 2.04 bits per heavy atom. The quantitative estimate of drug-likeness (QED) is 0.604. The number of aryl methyl sites for hydroxylation is 1. The Hall–Kier alpha value is -2.48. The molecule has 7 nitrogen and oxygen atoms in total. The molecule has 0 N–H and O–H groups in total. The van der Waals surface area contributed by atoms with Crippen LogP contribution in [0.15, 0.2) is 30.3 Å². The van der Waals surface area contributed by atoms with Crippen molar-refractivity contribution in [3.63, 3.8) is 0 Å². The molecule has 0 radical (unpaired) electrons. The number of rotatable bonds is 4. The molecular weight excluding hydrogens is 360 g/mol. The van der Waals surface area contributed by atoms with E-state index in [0.717, 1.165) is 0 Å². The molecule has 3 heterocycles. The number of ether oxygens (including phenoxy) is 3. The molecule has 1 amide bonds. The second-order valence-corrected chi connectivity index (χ2v) is 6.34. The molecule has 1 atom stereocenters. The summed E-state index contributed by atoms with van der Waals surface area (Å²) in [6.45, 7) is 2.13. The highest BCUT2D eigenvalue weighted by atomic mass is 35.5. The van der Waals surface area contributed by atoms with E-state index in [-0.39, 0.29) is 35.4 Å². The maximum absolute atomic E-state index is 13.1. The zero-order valence-corrected chi connectivity index (χ0v) is 14.9. The van der Waals surface area contributed by atoms with Gasteiger partial charge in [-0.15, -0.1) is 0 Å². The van der Waals surface area contributed by atoms with E-state index in [4.69, 9.17) is 25.8 Å². The molecule has 2 aliphatic rings. The number of esters is 1. The van der Waals surface area contributed by atoms with Crippen LogP contribution < -0.4 is 4.90 Å². The molecule has 2 aromatic rings. The molecule has 0 bridgehead atoms. The molecule has 1 aromatic carbocycles. The molecule has 4 rings (SSSR count). The summed E-state index contributed by atoms with van der Waals surface area (Å²) in [5.74, 6) is -2.82. The summed E-state index contributed by atoms with van der Waals surface area (Å²) in [6.07, 6.45) is 0. The van der Waals surface area contributed by atoms with E-state index in [2.05, 4.69) is 4.98 Å². The van der Waals surface area contributed by atoms with Crippen molar-refractivity contribution in [3.8, 4) is 0 Å². The van der Waals surface area contributed by atoms with Crippen LogP contribution in [0.25, 0.3) is 0 Å². The van der Waals surface area contributed by atoms with Crippen LogP contribution in [0.2, 0.25) is 5.02 Å². The molecule has 0 saturated carbocycles. The van der Waals surface area contributed by atoms with Crippen LogP contribution in [0.3, 0.4) is 0 Å². The lowest BCUT2D eigenvalue weighted by Crippen LogP contribution is -2.53. The Morgan fingerprint density at radius 3 is 2.81 bits per heavy atom. The third-order valence-electron chi connectivity index (χ3n) is 4.31. The number of carbonyl (C=O) groups excluding carboxylic acids is 2. The number of nitrogens with zero attached hydrogens (tertiary/aromatic N) is 2. The zero-order chi connectivity index (χ0) is 18.5. The van der Waals surface area contributed by atoms with E-state index in [0.29, 0.717) is 16.9 Å². The first-order valence-electron chi connectivity index (χ1n) is 7.97. The minimum Gasteiger partial charge on any atom is -0.404 e. The highest BCUT2D eigenvalue weighted by molar-refractivity contribution is 6.35. The summed E-state index contributed by atoms with van der Waals surface area (Å²) >= 11 is 6.17. The van der Waals surface area contributed by atoms with E-state index in [1.54, 1.807) is 37.3 Å². The number of aromatic nitrogens is 1. The van der Waals surface area contributed by atoms with E-state index < -0.39 is 11.9 Å². The van der Waals surface area contributed by atoms with Crippen LogP contribution in [0, 0.1) is 6.92 Å². The predicted molar refractivity (Wildman–Crippen MR) is 92.2 cm³/mol. The molecule has 8 heteroatoms. The minimum atomic E-state index is -1.77. The molecule has 2 aliphatic heterocycles. The third kappa shape index (κ3) is 2.25. The SMILES string of the molecule is COCCOC12OC(=O)c3c(Cl)cccc3N1C(=O)c1ccc(C)nc12. The van der Waals surface area contributed by atoms with Crippen LogP contribution >= 0.6 is 11.6 Å². The van der Waals surface area contributed by atoms with Crippen LogP contribution in [0.5, 0.6) is 0 Å². The predicted octanol–water partition coefficient (Wildman–Crippen LogP) is 2.65. The van der Waals surface area contributed by atoms with Crippen molar-refractivity contribution in [1.82, 2.24) is 4.98 Å². The standard InChI is InChI=1S/C18H15ClN2O5/c1-10-6-7-11-15(20-10)18(25-9-8-24-2)21(16(11)22)13-5-3-4-12(19)14(13)17(23)26-18/h3-7H,8-9H2,1-2H3. The number of carbonyl (C=O) groups is 2. The number of benzene rings is 1. The van der Waals surface area contributed by atoms with Gasteiger partial charge in [0.2, 0.25) is 0 Å². The van der Waals surface area contributed by atoms with Crippen molar-refractivity contribution >= 4 is 29.2 Å². The molecule has 1 aromatic heterocycles. The number of fused-ring (bicyclic) bond motifs is 5. The Labute approximate surface area is 154 Å². The average Bonchev–Trinajstić information content (AvgIpc) is 2.84. The highest BCUT2D eigenvalue weighted by Crippen LogP contribution is 2.49. The maximum atomic E-state index is 13.1. The molecule has 0 saturated heterocycles. The molecule has 134 valence electrons. The highest BCUT2D eigenvalue weighted by Gasteiger charge is 2.60. The fourth-order valence-electron chi connectivity index (χ4n) is 3.20. The summed E-state index contributed by atoms with van der Waals surface area (Å²) < 4.78 is 16.6. The van der Waals surface area contributed by atoms with Crippen molar-refractivity contribution in [2.45, 2.75) is 12.8 Å². The normalized spacial score (nSPS) is 20.5. The van der Waals surface area contributed by atoms with Crippen molar-refractivity contribution < 1.29 is 23.8 Å². The molecule has 0 fully saturated rings.